The minimum atomic E-state index is -0.150. The fraction of sp³-hybridized carbons (Fsp3) is 0.545. The molecule has 1 unspecified atom stereocenters. The number of ether oxygens (including phenoxy) is 2. The van der Waals surface area contributed by atoms with E-state index in [1.165, 1.54) is 5.54 Å². The Morgan fingerprint density at radius 3 is 2.93 bits per heavy atom. The van der Waals surface area contributed by atoms with Crippen LogP contribution >= 0.6 is 11.6 Å². The summed E-state index contributed by atoms with van der Waals surface area (Å²) in [5.74, 6) is -0.150. The monoisotopic (exact) mass is 230 g/mol. The van der Waals surface area contributed by atoms with Gasteiger partial charge in [-0.15, -0.1) is 0 Å². The predicted octanol–water partition coefficient (Wildman–Crippen LogP) is 2.41. The third-order valence-corrected chi connectivity index (χ3v) is 2.11. The van der Waals surface area contributed by atoms with Gasteiger partial charge in [0.05, 0.1) is 6.61 Å². The first kappa shape index (κ1) is 12.3. The second-order valence-electron chi connectivity index (χ2n) is 3.33. The van der Waals surface area contributed by atoms with Crippen LogP contribution in [0.5, 0.6) is 0 Å². The van der Waals surface area contributed by atoms with Gasteiger partial charge >= 0.3 is 5.97 Å². The molecule has 0 bridgehead atoms. The molecule has 1 heterocycles. The number of carbonyl (C=O) groups is 1. The SMILES string of the molecule is C=CCl.O=C(OCC1CO1)C1=CCCC1. The summed E-state index contributed by atoms with van der Waals surface area (Å²) >= 11 is 4.76. The highest BCUT2D eigenvalue weighted by atomic mass is 35.5. The van der Waals surface area contributed by atoms with Crippen LogP contribution in [0.4, 0.5) is 0 Å². The molecule has 0 amide bonds. The topological polar surface area (TPSA) is 38.8 Å². The van der Waals surface area contributed by atoms with Crippen molar-refractivity contribution >= 4 is 17.6 Å². The molecule has 1 atom stereocenters. The smallest absolute Gasteiger partial charge is 0.333 e. The third kappa shape index (κ3) is 5.00. The molecule has 0 radical (unpaired) electrons. The number of esters is 1. The third-order valence-electron chi connectivity index (χ3n) is 2.11. The van der Waals surface area contributed by atoms with Crippen LogP contribution in [0.1, 0.15) is 19.3 Å². The van der Waals surface area contributed by atoms with Gasteiger partial charge in [0.15, 0.2) is 0 Å². The molecule has 1 saturated heterocycles. The van der Waals surface area contributed by atoms with E-state index in [-0.39, 0.29) is 12.1 Å². The normalized spacial score (nSPS) is 22.2. The van der Waals surface area contributed by atoms with Crippen LogP contribution < -0.4 is 0 Å². The van der Waals surface area contributed by atoms with Crippen molar-refractivity contribution in [1.29, 1.82) is 0 Å². The molecule has 1 aliphatic heterocycles. The summed E-state index contributed by atoms with van der Waals surface area (Å²) in [6.07, 6.45) is 5.13. The molecule has 0 spiro atoms. The predicted molar refractivity (Wildman–Crippen MR) is 58.7 cm³/mol. The van der Waals surface area contributed by atoms with E-state index in [1.54, 1.807) is 0 Å². The molecule has 84 valence electrons. The molecule has 0 aromatic heterocycles. The first-order chi connectivity index (χ1) is 7.27. The highest BCUT2D eigenvalue weighted by Gasteiger charge is 2.25. The minimum Gasteiger partial charge on any atom is -0.459 e. The van der Waals surface area contributed by atoms with Gasteiger partial charge < -0.3 is 9.47 Å². The Kier molecular flexibility index (Phi) is 5.43. The molecule has 0 aromatic carbocycles. The first-order valence-corrected chi connectivity index (χ1v) is 5.40. The van der Waals surface area contributed by atoms with Crippen molar-refractivity contribution in [3.05, 3.63) is 23.8 Å². The molecule has 1 fully saturated rings. The highest BCUT2D eigenvalue weighted by molar-refractivity contribution is 6.25. The van der Waals surface area contributed by atoms with Crippen molar-refractivity contribution in [3.63, 3.8) is 0 Å². The lowest BCUT2D eigenvalue weighted by molar-refractivity contribution is -0.139. The molecule has 2 aliphatic rings. The van der Waals surface area contributed by atoms with Crippen LogP contribution in [-0.2, 0) is 14.3 Å². The van der Waals surface area contributed by atoms with E-state index >= 15 is 0 Å². The Labute approximate surface area is 94.7 Å². The summed E-state index contributed by atoms with van der Waals surface area (Å²) in [7, 11) is 0. The molecule has 4 heteroatoms. The largest absolute Gasteiger partial charge is 0.459 e. The summed E-state index contributed by atoms with van der Waals surface area (Å²) in [6.45, 7) is 4.30. The van der Waals surface area contributed by atoms with E-state index < -0.39 is 0 Å². The molecule has 3 nitrogen and oxygen atoms in total. The quantitative estimate of drug-likeness (QED) is 0.552. The second-order valence-corrected chi connectivity index (χ2v) is 3.64. The lowest BCUT2D eigenvalue weighted by atomic mass is 10.2. The van der Waals surface area contributed by atoms with Crippen molar-refractivity contribution in [2.75, 3.05) is 13.2 Å². The van der Waals surface area contributed by atoms with E-state index in [1.807, 2.05) is 6.08 Å². The molecule has 2 rings (SSSR count). The standard InChI is InChI=1S/C9H12O3.C2H3Cl/c10-9(7-3-1-2-4-7)12-6-8-5-11-8;1-2-3/h3,8H,1-2,4-6H2;2H,1H2. The lowest BCUT2D eigenvalue weighted by Gasteiger charge is -2.01. The van der Waals surface area contributed by atoms with Crippen LogP contribution in [0.15, 0.2) is 23.8 Å². The Hall–Kier alpha value is -0.800. The van der Waals surface area contributed by atoms with Gasteiger partial charge in [-0.3, -0.25) is 0 Å². The molecular formula is C11H15ClO3. The van der Waals surface area contributed by atoms with E-state index in [9.17, 15) is 4.79 Å². The van der Waals surface area contributed by atoms with Gasteiger partial charge in [-0.2, -0.15) is 0 Å². The number of hydrogen-bond donors (Lipinski definition) is 0. The fourth-order valence-corrected chi connectivity index (χ4v) is 1.28. The Bertz CT molecular complexity index is 257. The number of epoxide rings is 1. The molecule has 0 saturated carbocycles. The number of allylic oxidation sites excluding steroid dienone is 1. The van der Waals surface area contributed by atoms with Crippen LogP contribution in [0.3, 0.4) is 0 Å². The van der Waals surface area contributed by atoms with Crippen molar-refractivity contribution in [1.82, 2.24) is 0 Å². The zero-order valence-electron chi connectivity index (χ0n) is 8.58. The fourth-order valence-electron chi connectivity index (χ4n) is 1.28. The van der Waals surface area contributed by atoms with Gasteiger partial charge in [0.2, 0.25) is 0 Å². The Morgan fingerprint density at radius 2 is 2.47 bits per heavy atom. The highest BCUT2D eigenvalue weighted by Crippen LogP contribution is 2.19. The van der Waals surface area contributed by atoms with E-state index in [2.05, 4.69) is 6.58 Å². The summed E-state index contributed by atoms with van der Waals surface area (Å²) < 4.78 is 9.94. The Morgan fingerprint density at radius 1 is 1.80 bits per heavy atom. The maximum Gasteiger partial charge on any atom is 0.333 e. The second kappa shape index (κ2) is 6.64. The summed E-state index contributed by atoms with van der Waals surface area (Å²) in [5, 5.41) is 0. The minimum absolute atomic E-state index is 0.150. The Balaban J connectivity index is 0.000000337. The van der Waals surface area contributed by atoms with Gasteiger partial charge in [-0.25, -0.2) is 4.79 Å². The van der Waals surface area contributed by atoms with Gasteiger partial charge in [0, 0.05) is 5.57 Å². The van der Waals surface area contributed by atoms with Crippen LogP contribution in [-0.4, -0.2) is 25.3 Å². The zero-order chi connectivity index (χ0) is 11.1. The van der Waals surface area contributed by atoms with E-state index in [0.29, 0.717) is 6.61 Å². The van der Waals surface area contributed by atoms with Crippen molar-refractivity contribution in [2.24, 2.45) is 0 Å². The van der Waals surface area contributed by atoms with Crippen molar-refractivity contribution < 1.29 is 14.3 Å². The number of rotatable bonds is 3. The van der Waals surface area contributed by atoms with Crippen LogP contribution in [0.2, 0.25) is 0 Å². The molecule has 15 heavy (non-hydrogen) atoms. The van der Waals surface area contributed by atoms with Gasteiger partial charge in [-0.1, -0.05) is 24.3 Å². The van der Waals surface area contributed by atoms with Gasteiger partial charge in [-0.05, 0) is 24.8 Å². The zero-order valence-corrected chi connectivity index (χ0v) is 9.33. The first-order valence-electron chi connectivity index (χ1n) is 4.96. The molecular weight excluding hydrogens is 216 g/mol. The van der Waals surface area contributed by atoms with Gasteiger partial charge in [0.1, 0.15) is 12.7 Å². The maximum absolute atomic E-state index is 11.2. The summed E-state index contributed by atoms with van der Waals surface area (Å²) in [6, 6.07) is 0. The van der Waals surface area contributed by atoms with Crippen molar-refractivity contribution in [2.45, 2.75) is 25.4 Å². The molecule has 0 N–H and O–H groups in total. The van der Waals surface area contributed by atoms with Crippen LogP contribution in [0.25, 0.3) is 0 Å². The summed E-state index contributed by atoms with van der Waals surface area (Å²) in [4.78, 5) is 11.2. The van der Waals surface area contributed by atoms with E-state index in [0.717, 1.165) is 31.4 Å². The average Bonchev–Trinajstić information content (AvgIpc) is 2.88. The molecule has 1 aliphatic carbocycles. The van der Waals surface area contributed by atoms with E-state index in [4.69, 9.17) is 21.1 Å². The summed E-state index contributed by atoms with van der Waals surface area (Å²) in [5.41, 5.74) is 2.07. The van der Waals surface area contributed by atoms with Crippen molar-refractivity contribution in [3.8, 4) is 0 Å². The molecule has 0 aromatic rings. The number of carbonyl (C=O) groups excluding carboxylic acids is 1. The maximum atomic E-state index is 11.2. The average molecular weight is 231 g/mol. The van der Waals surface area contributed by atoms with Gasteiger partial charge in [0.25, 0.3) is 0 Å². The lowest BCUT2D eigenvalue weighted by Crippen LogP contribution is -2.10. The number of hydrogen-bond acceptors (Lipinski definition) is 3. The van der Waals surface area contributed by atoms with Crippen LogP contribution in [0, 0.1) is 0 Å². The number of halogens is 1.